The maximum atomic E-state index is 12.2. The van der Waals surface area contributed by atoms with Gasteiger partial charge < -0.3 is 15.8 Å². The lowest BCUT2D eigenvalue weighted by atomic mass is 9.87. The van der Waals surface area contributed by atoms with Crippen molar-refractivity contribution in [2.24, 2.45) is 11.1 Å². The summed E-state index contributed by atoms with van der Waals surface area (Å²) in [5.74, 6) is 0.890. The normalized spacial score (nSPS) is 19.3. The van der Waals surface area contributed by atoms with Crippen LogP contribution < -0.4 is 15.8 Å². The predicted molar refractivity (Wildman–Crippen MR) is 84.1 cm³/mol. The number of nitrogens with two attached hydrogens (primary N) is 1. The topological polar surface area (TPSA) is 64.4 Å². The van der Waals surface area contributed by atoms with Crippen LogP contribution in [0.5, 0.6) is 5.75 Å². The first-order valence-corrected chi connectivity index (χ1v) is 7.62. The quantitative estimate of drug-likeness (QED) is 0.896. The van der Waals surface area contributed by atoms with Crippen LogP contribution >= 0.6 is 0 Å². The zero-order valence-electron chi connectivity index (χ0n) is 13.2. The van der Waals surface area contributed by atoms with Crippen molar-refractivity contribution in [1.82, 2.24) is 5.32 Å². The molecule has 21 heavy (non-hydrogen) atoms. The van der Waals surface area contributed by atoms with Gasteiger partial charge in [0.1, 0.15) is 5.75 Å². The molecular formula is C17H26N2O2. The molecule has 0 saturated heterocycles. The monoisotopic (exact) mass is 290 g/mol. The smallest absolute Gasteiger partial charge is 0.222 e. The molecule has 2 atom stereocenters. The molecule has 4 nitrogen and oxygen atoms in total. The molecular weight excluding hydrogens is 264 g/mol. The number of ether oxygens (including phenoxy) is 1. The van der Waals surface area contributed by atoms with Crippen LogP contribution in [-0.4, -0.2) is 18.6 Å². The van der Waals surface area contributed by atoms with Crippen molar-refractivity contribution in [3.63, 3.8) is 0 Å². The molecule has 0 fully saturated rings. The van der Waals surface area contributed by atoms with E-state index >= 15 is 0 Å². The zero-order valence-corrected chi connectivity index (χ0v) is 13.2. The number of carbonyl (C=O) groups excluding carboxylic acids is 1. The average molecular weight is 290 g/mol. The summed E-state index contributed by atoms with van der Waals surface area (Å²) < 4.78 is 5.61. The van der Waals surface area contributed by atoms with E-state index in [0.717, 1.165) is 24.2 Å². The van der Waals surface area contributed by atoms with Crippen molar-refractivity contribution < 1.29 is 9.53 Å². The van der Waals surface area contributed by atoms with Crippen molar-refractivity contribution in [2.45, 2.75) is 52.1 Å². The minimum Gasteiger partial charge on any atom is -0.493 e. The molecule has 1 aliphatic heterocycles. The fraction of sp³-hybridized carbons (Fsp3) is 0.588. The highest BCUT2D eigenvalue weighted by Crippen LogP contribution is 2.31. The second-order valence-corrected chi connectivity index (χ2v) is 7.02. The Labute approximate surface area is 127 Å². The highest BCUT2D eigenvalue weighted by Gasteiger charge is 2.24. The first-order chi connectivity index (χ1) is 9.85. The third-order valence-corrected chi connectivity index (χ3v) is 3.62. The highest BCUT2D eigenvalue weighted by atomic mass is 16.5. The molecule has 1 aromatic rings. The lowest BCUT2D eigenvalue weighted by Crippen LogP contribution is -2.37. The first kappa shape index (κ1) is 15.8. The maximum absolute atomic E-state index is 12.2. The number of para-hydroxylation sites is 1. The van der Waals surface area contributed by atoms with Gasteiger partial charge in [-0.05, 0) is 17.9 Å². The lowest BCUT2D eigenvalue weighted by molar-refractivity contribution is -0.122. The molecule has 2 rings (SSSR count). The third kappa shape index (κ3) is 4.74. The summed E-state index contributed by atoms with van der Waals surface area (Å²) in [5, 5.41) is 3.09. The summed E-state index contributed by atoms with van der Waals surface area (Å²) in [6, 6.07) is 7.80. The largest absolute Gasteiger partial charge is 0.493 e. The van der Waals surface area contributed by atoms with Gasteiger partial charge in [-0.3, -0.25) is 4.79 Å². The molecule has 1 amide bonds. The van der Waals surface area contributed by atoms with Gasteiger partial charge in [0.25, 0.3) is 0 Å². The summed E-state index contributed by atoms with van der Waals surface area (Å²) >= 11 is 0. The summed E-state index contributed by atoms with van der Waals surface area (Å²) in [4.78, 5) is 12.2. The van der Waals surface area contributed by atoms with Crippen LogP contribution in [0.4, 0.5) is 0 Å². The molecule has 4 heteroatoms. The molecule has 116 valence electrons. The van der Waals surface area contributed by atoms with Crippen LogP contribution in [0.2, 0.25) is 0 Å². The Balaban J connectivity index is 1.92. The van der Waals surface area contributed by atoms with E-state index < -0.39 is 0 Å². The average Bonchev–Trinajstić information content (AvgIpc) is 2.36. The van der Waals surface area contributed by atoms with Crippen LogP contribution in [0.3, 0.4) is 0 Å². The van der Waals surface area contributed by atoms with Crippen LogP contribution in [0.1, 0.15) is 51.6 Å². The Bertz CT molecular complexity index is 494. The minimum absolute atomic E-state index is 0.0217. The number of hydrogen-bond donors (Lipinski definition) is 2. The van der Waals surface area contributed by atoms with E-state index in [1.54, 1.807) is 0 Å². The second-order valence-electron chi connectivity index (χ2n) is 7.02. The number of hydrogen-bond acceptors (Lipinski definition) is 3. The number of carbonyl (C=O) groups is 1. The molecule has 0 saturated carbocycles. The van der Waals surface area contributed by atoms with Crippen molar-refractivity contribution >= 4 is 5.91 Å². The molecule has 0 aliphatic carbocycles. The summed E-state index contributed by atoms with van der Waals surface area (Å²) in [6.45, 7) is 7.05. The van der Waals surface area contributed by atoms with E-state index in [1.807, 2.05) is 24.3 Å². The van der Waals surface area contributed by atoms with Gasteiger partial charge in [0.15, 0.2) is 0 Å². The number of nitrogens with one attached hydrogen (secondary N) is 1. The van der Waals surface area contributed by atoms with E-state index in [1.165, 1.54) is 0 Å². The Morgan fingerprint density at radius 3 is 2.86 bits per heavy atom. The van der Waals surface area contributed by atoms with Crippen molar-refractivity contribution in [2.75, 3.05) is 6.61 Å². The van der Waals surface area contributed by atoms with E-state index in [-0.39, 0.29) is 23.4 Å². The van der Waals surface area contributed by atoms with Crippen molar-refractivity contribution in [3.05, 3.63) is 29.8 Å². The van der Waals surface area contributed by atoms with Crippen molar-refractivity contribution in [3.8, 4) is 5.75 Å². The summed E-state index contributed by atoms with van der Waals surface area (Å²) in [5.41, 5.74) is 7.28. The molecule has 0 aromatic heterocycles. The Morgan fingerprint density at radius 2 is 2.14 bits per heavy atom. The number of benzene rings is 1. The number of rotatable bonds is 4. The Morgan fingerprint density at radius 1 is 1.43 bits per heavy atom. The van der Waals surface area contributed by atoms with Crippen LogP contribution in [0.15, 0.2) is 24.3 Å². The number of amides is 1. The van der Waals surface area contributed by atoms with Gasteiger partial charge >= 0.3 is 0 Å². The maximum Gasteiger partial charge on any atom is 0.222 e. The Kier molecular flexibility index (Phi) is 4.88. The zero-order chi connectivity index (χ0) is 15.5. The van der Waals surface area contributed by atoms with Crippen molar-refractivity contribution in [1.29, 1.82) is 0 Å². The molecule has 0 spiro atoms. The first-order valence-electron chi connectivity index (χ1n) is 7.62. The van der Waals surface area contributed by atoms with Gasteiger partial charge in [-0.1, -0.05) is 39.0 Å². The van der Waals surface area contributed by atoms with Gasteiger partial charge in [0.05, 0.1) is 12.6 Å². The van der Waals surface area contributed by atoms with Gasteiger partial charge in [-0.25, -0.2) is 0 Å². The van der Waals surface area contributed by atoms with Gasteiger partial charge in [-0.15, -0.1) is 0 Å². The fourth-order valence-electron chi connectivity index (χ4n) is 2.84. The van der Waals surface area contributed by atoms with E-state index in [4.69, 9.17) is 10.5 Å². The molecule has 3 N–H and O–H groups in total. The molecule has 1 aliphatic rings. The molecule has 0 bridgehead atoms. The van der Waals surface area contributed by atoms with Crippen LogP contribution in [0.25, 0.3) is 0 Å². The van der Waals surface area contributed by atoms with Gasteiger partial charge in [0.2, 0.25) is 5.91 Å². The van der Waals surface area contributed by atoms with E-state index in [2.05, 4.69) is 26.1 Å². The predicted octanol–water partition coefficient (Wildman–Crippen LogP) is 2.78. The minimum atomic E-state index is -0.0971. The standard InChI is InChI=1S/C17H26N2O2/c1-17(2,3)11-12(18)10-16(20)19-14-8-9-21-15-7-5-4-6-13(14)15/h4-7,12,14H,8-11,18H2,1-3H3,(H,19,20). The lowest BCUT2D eigenvalue weighted by Gasteiger charge is -2.28. The Hall–Kier alpha value is -1.55. The SMILES string of the molecule is CC(C)(C)CC(N)CC(=O)NC1CCOc2ccccc21. The van der Waals surface area contributed by atoms with E-state index in [9.17, 15) is 4.79 Å². The number of fused-ring (bicyclic) bond motifs is 1. The van der Waals surface area contributed by atoms with Crippen LogP contribution in [0, 0.1) is 5.41 Å². The highest BCUT2D eigenvalue weighted by molar-refractivity contribution is 5.77. The molecule has 1 aromatic carbocycles. The van der Waals surface area contributed by atoms with Gasteiger partial charge in [0, 0.05) is 24.4 Å². The second kappa shape index (κ2) is 6.48. The summed E-state index contributed by atoms with van der Waals surface area (Å²) in [7, 11) is 0. The molecule has 0 radical (unpaired) electrons. The van der Waals surface area contributed by atoms with Crippen LogP contribution in [-0.2, 0) is 4.79 Å². The fourth-order valence-corrected chi connectivity index (χ4v) is 2.84. The van der Waals surface area contributed by atoms with Gasteiger partial charge in [-0.2, -0.15) is 0 Å². The van der Waals surface area contributed by atoms with E-state index in [0.29, 0.717) is 13.0 Å². The molecule has 2 unspecified atom stereocenters. The third-order valence-electron chi connectivity index (χ3n) is 3.62. The summed E-state index contributed by atoms with van der Waals surface area (Å²) in [6.07, 6.45) is 2.01. The molecule has 1 heterocycles.